The second kappa shape index (κ2) is 7.48. The summed E-state index contributed by atoms with van der Waals surface area (Å²) in [5.74, 6) is 1.24. The van der Waals surface area contributed by atoms with E-state index in [1.54, 1.807) is 4.90 Å². The lowest BCUT2D eigenvalue weighted by Crippen LogP contribution is -2.33. The average molecular weight is 380 g/mol. The normalized spacial score (nSPS) is 14.2. The fraction of sp³-hybridized carbons (Fsp3) is 0.238. The van der Waals surface area contributed by atoms with Crippen molar-refractivity contribution in [3.63, 3.8) is 0 Å². The van der Waals surface area contributed by atoms with E-state index in [2.05, 4.69) is 4.98 Å². The minimum Gasteiger partial charge on any atom is -0.441 e. The first-order valence-electron chi connectivity index (χ1n) is 8.87. The Morgan fingerprint density at radius 2 is 1.89 bits per heavy atom. The Bertz CT molecular complexity index is 998. The minimum atomic E-state index is -1.34. The Balaban J connectivity index is 1.43. The number of para-hydroxylation sites is 1. The summed E-state index contributed by atoms with van der Waals surface area (Å²) in [4.78, 5) is 18.8. The number of hydrogen-bond donors (Lipinski definition) is 0. The van der Waals surface area contributed by atoms with Crippen LogP contribution in [0.3, 0.4) is 0 Å². The van der Waals surface area contributed by atoms with Crippen LogP contribution in [0.2, 0.25) is 0 Å². The Kier molecular flexibility index (Phi) is 4.90. The van der Waals surface area contributed by atoms with Gasteiger partial charge in [0.25, 0.3) is 0 Å². The highest BCUT2D eigenvalue weighted by Gasteiger charge is 2.25. The molecule has 6 heteroatoms. The number of amides is 1. The summed E-state index contributed by atoms with van der Waals surface area (Å²) in [5.41, 5.74) is 3.61. The van der Waals surface area contributed by atoms with Crippen LogP contribution in [0.5, 0.6) is 0 Å². The monoisotopic (exact) mass is 380 g/mol. The molecule has 0 aliphatic carbocycles. The van der Waals surface area contributed by atoms with Gasteiger partial charge in [0.15, 0.2) is 0 Å². The molecule has 3 aromatic rings. The van der Waals surface area contributed by atoms with Gasteiger partial charge in [-0.15, -0.1) is 0 Å². The number of fused-ring (bicyclic) bond motifs is 1. The lowest BCUT2D eigenvalue weighted by Gasteiger charge is -2.16. The molecule has 138 valence electrons. The van der Waals surface area contributed by atoms with Crippen molar-refractivity contribution in [3.8, 4) is 11.5 Å². The number of carbonyl (C=O) groups excluding carboxylic acids is 1. The lowest BCUT2D eigenvalue weighted by molar-refractivity contribution is -0.116. The fourth-order valence-corrected chi connectivity index (χ4v) is 4.39. The Labute approximate surface area is 160 Å². The highest BCUT2D eigenvalue weighted by atomic mass is 32.2. The van der Waals surface area contributed by atoms with Crippen LogP contribution in [0.1, 0.15) is 17.0 Å². The summed E-state index contributed by atoms with van der Waals surface area (Å²) in [6.07, 6.45) is 0.845. The van der Waals surface area contributed by atoms with E-state index in [0.717, 1.165) is 23.2 Å². The van der Waals surface area contributed by atoms with Gasteiger partial charge < -0.3 is 9.32 Å². The zero-order valence-electron chi connectivity index (χ0n) is 15.1. The lowest BCUT2D eigenvalue weighted by atomic mass is 10.2. The maximum atomic E-state index is 12.6. The van der Waals surface area contributed by atoms with Crippen LogP contribution in [0, 0.1) is 6.92 Å². The third-order valence-electron chi connectivity index (χ3n) is 4.68. The van der Waals surface area contributed by atoms with E-state index >= 15 is 0 Å². The van der Waals surface area contributed by atoms with E-state index in [9.17, 15) is 9.00 Å². The summed E-state index contributed by atoms with van der Waals surface area (Å²) in [7, 11) is -1.34. The van der Waals surface area contributed by atoms with E-state index in [4.69, 9.17) is 4.42 Å². The van der Waals surface area contributed by atoms with Gasteiger partial charge >= 0.3 is 0 Å². The largest absolute Gasteiger partial charge is 0.441 e. The van der Waals surface area contributed by atoms with Crippen LogP contribution >= 0.6 is 0 Å². The number of aryl methyl sites for hydroxylation is 1. The molecule has 0 unspecified atom stereocenters. The SMILES string of the molecule is Cc1oc(-c2ccccc2)nc1C[S@@](=O)CC(=O)N1CCc2ccccc21. The zero-order chi connectivity index (χ0) is 18.8. The maximum Gasteiger partial charge on any atom is 0.239 e. The first-order valence-corrected chi connectivity index (χ1v) is 10.4. The summed E-state index contributed by atoms with van der Waals surface area (Å²) < 4.78 is 18.3. The van der Waals surface area contributed by atoms with Crippen LogP contribution < -0.4 is 4.90 Å². The standard InChI is InChI=1S/C21H20N2O3S/c1-15-18(22-21(26-15)17-8-3-2-4-9-17)13-27(25)14-20(24)23-12-11-16-7-5-6-10-19(16)23/h2-10H,11-14H2,1H3/t27-/m1/s1. The Morgan fingerprint density at radius 1 is 1.15 bits per heavy atom. The van der Waals surface area contributed by atoms with Crippen molar-refractivity contribution >= 4 is 22.4 Å². The highest BCUT2D eigenvalue weighted by molar-refractivity contribution is 7.84. The molecule has 5 nitrogen and oxygen atoms in total. The number of oxazole rings is 1. The van der Waals surface area contributed by atoms with Gasteiger partial charge in [0.1, 0.15) is 11.5 Å². The van der Waals surface area contributed by atoms with E-state index in [-0.39, 0.29) is 17.4 Å². The molecule has 1 aliphatic heterocycles. The van der Waals surface area contributed by atoms with Gasteiger partial charge in [-0.05, 0) is 37.1 Å². The van der Waals surface area contributed by atoms with Crippen molar-refractivity contribution in [1.29, 1.82) is 0 Å². The predicted octanol–water partition coefficient (Wildman–Crippen LogP) is 3.49. The van der Waals surface area contributed by atoms with E-state index in [0.29, 0.717) is 23.9 Å². The topological polar surface area (TPSA) is 63.4 Å². The highest BCUT2D eigenvalue weighted by Crippen LogP contribution is 2.28. The number of benzene rings is 2. The van der Waals surface area contributed by atoms with Gasteiger partial charge in [-0.2, -0.15) is 0 Å². The van der Waals surface area contributed by atoms with Crippen LogP contribution in [0.4, 0.5) is 5.69 Å². The molecule has 1 aliphatic rings. The summed E-state index contributed by atoms with van der Waals surface area (Å²) in [6, 6.07) is 17.5. The second-order valence-electron chi connectivity index (χ2n) is 6.54. The van der Waals surface area contributed by atoms with Crippen molar-refractivity contribution in [2.75, 3.05) is 17.2 Å². The molecule has 0 radical (unpaired) electrons. The summed E-state index contributed by atoms with van der Waals surface area (Å²) in [6.45, 7) is 2.46. The molecule has 27 heavy (non-hydrogen) atoms. The molecule has 0 fully saturated rings. The quantitative estimate of drug-likeness (QED) is 0.680. The average Bonchev–Trinajstić information content (AvgIpc) is 3.26. The van der Waals surface area contributed by atoms with Crippen molar-refractivity contribution in [2.24, 2.45) is 0 Å². The molecule has 0 saturated heterocycles. The molecule has 2 heterocycles. The van der Waals surface area contributed by atoms with Crippen LogP contribution in [0.25, 0.3) is 11.5 Å². The molecule has 0 saturated carbocycles. The van der Waals surface area contributed by atoms with E-state index < -0.39 is 10.8 Å². The van der Waals surface area contributed by atoms with Crippen LogP contribution in [-0.2, 0) is 27.8 Å². The van der Waals surface area contributed by atoms with Gasteiger partial charge in [-0.3, -0.25) is 9.00 Å². The van der Waals surface area contributed by atoms with Gasteiger partial charge in [0.2, 0.25) is 11.8 Å². The third kappa shape index (κ3) is 3.71. The summed E-state index contributed by atoms with van der Waals surface area (Å²) in [5, 5.41) is 0. The molecule has 4 rings (SSSR count). The number of rotatable bonds is 5. The van der Waals surface area contributed by atoms with Crippen LogP contribution in [0.15, 0.2) is 59.0 Å². The van der Waals surface area contributed by atoms with Crippen molar-refractivity contribution in [2.45, 2.75) is 19.1 Å². The van der Waals surface area contributed by atoms with E-state index in [1.807, 2.05) is 61.5 Å². The molecule has 0 N–H and O–H groups in total. The fourth-order valence-electron chi connectivity index (χ4n) is 3.28. The third-order valence-corrected chi connectivity index (χ3v) is 5.85. The maximum absolute atomic E-state index is 12.6. The first-order chi connectivity index (χ1) is 13.1. The molecule has 0 spiro atoms. The molecular formula is C21H20N2O3S. The number of hydrogen-bond acceptors (Lipinski definition) is 4. The number of anilines is 1. The molecule has 1 aromatic heterocycles. The molecule has 2 aromatic carbocycles. The van der Waals surface area contributed by atoms with E-state index in [1.165, 1.54) is 0 Å². The second-order valence-corrected chi connectivity index (χ2v) is 8.00. The van der Waals surface area contributed by atoms with Crippen molar-refractivity contribution < 1.29 is 13.4 Å². The predicted molar refractivity (Wildman–Crippen MR) is 106 cm³/mol. The van der Waals surface area contributed by atoms with Gasteiger partial charge in [0.05, 0.1) is 11.4 Å². The summed E-state index contributed by atoms with van der Waals surface area (Å²) >= 11 is 0. The van der Waals surface area contributed by atoms with Crippen LogP contribution in [-0.4, -0.2) is 27.4 Å². The van der Waals surface area contributed by atoms with Gasteiger partial charge in [-0.1, -0.05) is 36.4 Å². The molecule has 1 amide bonds. The van der Waals surface area contributed by atoms with Crippen molar-refractivity contribution in [3.05, 3.63) is 71.6 Å². The smallest absolute Gasteiger partial charge is 0.239 e. The number of carbonyl (C=O) groups is 1. The zero-order valence-corrected chi connectivity index (χ0v) is 15.9. The molecule has 1 atom stereocenters. The van der Waals surface area contributed by atoms with Crippen molar-refractivity contribution in [1.82, 2.24) is 4.98 Å². The Hall–Kier alpha value is -2.73. The first kappa shape index (κ1) is 17.7. The Morgan fingerprint density at radius 3 is 2.70 bits per heavy atom. The molecular weight excluding hydrogens is 360 g/mol. The number of nitrogens with zero attached hydrogens (tertiary/aromatic N) is 2. The van der Waals surface area contributed by atoms with Gasteiger partial charge in [0, 0.05) is 28.6 Å². The minimum absolute atomic E-state index is 0.0126. The number of aromatic nitrogens is 1. The molecule has 0 bridgehead atoms. The van der Waals surface area contributed by atoms with Gasteiger partial charge in [-0.25, -0.2) is 4.98 Å².